The van der Waals surface area contributed by atoms with E-state index < -0.39 is 17.2 Å². The number of carbonyl (C=O) groups is 2. The third-order valence-corrected chi connectivity index (χ3v) is 3.34. The van der Waals surface area contributed by atoms with Crippen LogP contribution in [0.5, 0.6) is 0 Å². The Kier molecular flexibility index (Phi) is 1.96. The molecule has 0 aromatic carbocycles. The fourth-order valence-corrected chi connectivity index (χ4v) is 2.45. The number of hydrogen-bond donors (Lipinski definition) is 1. The van der Waals surface area contributed by atoms with Crippen LogP contribution in [0, 0.1) is 11.3 Å². The molecule has 2 unspecified atom stereocenters. The molecular weight excluding hydrogens is 182 g/mol. The van der Waals surface area contributed by atoms with E-state index in [1.165, 1.54) is 0 Å². The number of imide groups is 1. The molecule has 0 radical (unpaired) electrons. The van der Waals surface area contributed by atoms with Crippen LogP contribution in [0.15, 0.2) is 12.2 Å². The smallest absolute Gasteiger partial charge is 0.264 e. The molecule has 1 heterocycles. The number of hydrogen-bond acceptors (Lipinski definition) is 3. The third kappa shape index (κ3) is 0.917. The largest absolute Gasteiger partial charge is 0.278 e. The Bertz CT molecular complexity index is 323. The second kappa shape index (κ2) is 2.92. The molecule has 4 nitrogen and oxygen atoms in total. The third-order valence-electron chi connectivity index (χ3n) is 3.34. The SMILES string of the molecule is CCC12C=CCCC1C(=O)N(O)C2=O. The molecule has 1 saturated heterocycles. The Morgan fingerprint density at radius 1 is 1.64 bits per heavy atom. The van der Waals surface area contributed by atoms with Gasteiger partial charge in [-0.05, 0) is 19.3 Å². The Balaban J connectivity index is 2.49. The van der Waals surface area contributed by atoms with E-state index in [1.54, 1.807) is 6.08 Å². The molecule has 1 fully saturated rings. The van der Waals surface area contributed by atoms with Crippen molar-refractivity contribution in [2.75, 3.05) is 0 Å². The maximum absolute atomic E-state index is 11.7. The average Bonchev–Trinajstić information content (AvgIpc) is 2.42. The summed E-state index contributed by atoms with van der Waals surface area (Å²) in [6.07, 6.45) is 5.74. The minimum absolute atomic E-state index is 0.295. The summed E-state index contributed by atoms with van der Waals surface area (Å²) in [5, 5.41) is 9.59. The van der Waals surface area contributed by atoms with Gasteiger partial charge in [0.1, 0.15) is 0 Å². The molecule has 1 aliphatic heterocycles. The van der Waals surface area contributed by atoms with Crippen molar-refractivity contribution in [3.8, 4) is 0 Å². The topological polar surface area (TPSA) is 57.6 Å². The normalized spacial score (nSPS) is 36.4. The Labute approximate surface area is 82.2 Å². The van der Waals surface area contributed by atoms with E-state index in [-0.39, 0.29) is 5.92 Å². The Hall–Kier alpha value is -1.16. The molecule has 2 amide bonds. The van der Waals surface area contributed by atoms with Crippen molar-refractivity contribution in [3.63, 3.8) is 0 Å². The van der Waals surface area contributed by atoms with Gasteiger partial charge in [0, 0.05) is 0 Å². The Morgan fingerprint density at radius 3 is 2.93 bits per heavy atom. The maximum atomic E-state index is 11.7. The van der Waals surface area contributed by atoms with Gasteiger partial charge in [-0.25, -0.2) is 0 Å². The van der Waals surface area contributed by atoms with Gasteiger partial charge in [-0.2, -0.15) is 5.06 Å². The van der Waals surface area contributed by atoms with Gasteiger partial charge in [0.2, 0.25) is 0 Å². The van der Waals surface area contributed by atoms with Crippen molar-refractivity contribution in [3.05, 3.63) is 12.2 Å². The van der Waals surface area contributed by atoms with Crippen molar-refractivity contribution in [2.45, 2.75) is 26.2 Å². The van der Waals surface area contributed by atoms with E-state index in [9.17, 15) is 14.8 Å². The standard InChI is InChI=1S/C10H13NO3/c1-2-10-6-4-3-5-7(10)8(12)11(14)9(10)13/h4,6-7,14H,2-3,5H2,1H3. The summed E-state index contributed by atoms with van der Waals surface area (Å²) in [6.45, 7) is 1.87. The minimum atomic E-state index is -0.760. The Morgan fingerprint density at radius 2 is 2.36 bits per heavy atom. The number of fused-ring (bicyclic) bond motifs is 1. The number of carbonyl (C=O) groups excluding carboxylic acids is 2. The molecule has 1 N–H and O–H groups in total. The van der Waals surface area contributed by atoms with Gasteiger partial charge in [-0.3, -0.25) is 14.8 Å². The zero-order chi connectivity index (χ0) is 10.3. The van der Waals surface area contributed by atoms with Crippen LogP contribution in [0.4, 0.5) is 0 Å². The molecule has 2 rings (SSSR count). The van der Waals surface area contributed by atoms with Crippen LogP contribution in [0.3, 0.4) is 0 Å². The number of hydroxylamine groups is 2. The van der Waals surface area contributed by atoms with Gasteiger partial charge in [0.05, 0.1) is 11.3 Å². The lowest BCUT2D eigenvalue weighted by Crippen LogP contribution is -2.34. The second-order valence-corrected chi connectivity index (χ2v) is 3.88. The van der Waals surface area contributed by atoms with Gasteiger partial charge in [0.25, 0.3) is 11.8 Å². The van der Waals surface area contributed by atoms with Gasteiger partial charge >= 0.3 is 0 Å². The molecule has 4 heteroatoms. The highest BCUT2D eigenvalue weighted by Gasteiger charge is 2.57. The molecule has 0 bridgehead atoms. The zero-order valence-corrected chi connectivity index (χ0v) is 8.06. The highest BCUT2D eigenvalue weighted by molar-refractivity contribution is 6.07. The molecule has 1 aliphatic carbocycles. The van der Waals surface area contributed by atoms with E-state index >= 15 is 0 Å². The van der Waals surface area contributed by atoms with E-state index in [2.05, 4.69) is 0 Å². The van der Waals surface area contributed by atoms with Gasteiger partial charge < -0.3 is 0 Å². The minimum Gasteiger partial charge on any atom is -0.278 e. The summed E-state index contributed by atoms with van der Waals surface area (Å²) < 4.78 is 0. The van der Waals surface area contributed by atoms with Crippen molar-refractivity contribution >= 4 is 11.8 Å². The quantitative estimate of drug-likeness (QED) is 0.387. The van der Waals surface area contributed by atoms with E-state index in [1.807, 2.05) is 13.0 Å². The first-order valence-electron chi connectivity index (χ1n) is 4.88. The predicted octanol–water partition coefficient (Wildman–Crippen LogP) is 1.11. The van der Waals surface area contributed by atoms with Crippen molar-refractivity contribution in [1.29, 1.82) is 0 Å². The summed E-state index contributed by atoms with van der Waals surface area (Å²) in [7, 11) is 0. The molecule has 2 atom stereocenters. The molecule has 2 aliphatic rings. The molecule has 0 aromatic rings. The fourth-order valence-electron chi connectivity index (χ4n) is 2.45. The lowest BCUT2D eigenvalue weighted by molar-refractivity contribution is -0.173. The van der Waals surface area contributed by atoms with Crippen LogP contribution < -0.4 is 0 Å². The number of amides is 2. The molecule has 0 aromatic heterocycles. The number of rotatable bonds is 1. The van der Waals surface area contributed by atoms with Crippen molar-refractivity contribution in [1.82, 2.24) is 5.06 Å². The lowest BCUT2D eigenvalue weighted by atomic mass is 9.70. The van der Waals surface area contributed by atoms with Gasteiger partial charge in [-0.15, -0.1) is 0 Å². The van der Waals surface area contributed by atoms with E-state index in [0.717, 1.165) is 6.42 Å². The summed E-state index contributed by atoms with van der Waals surface area (Å²) in [4.78, 5) is 23.2. The molecule has 76 valence electrons. The van der Waals surface area contributed by atoms with Crippen molar-refractivity contribution in [2.24, 2.45) is 11.3 Å². The number of nitrogens with zero attached hydrogens (tertiary/aromatic N) is 1. The first-order chi connectivity index (χ1) is 6.63. The van der Waals surface area contributed by atoms with Crippen molar-refractivity contribution < 1.29 is 14.8 Å². The van der Waals surface area contributed by atoms with Gasteiger partial charge in [0.15, 0.2) is 0 Å². The monoisotopic (exact) mass is 195 g/mol. The molecule has 14 heavy (non-hydrogen) atoms. The first-order valence-corrected chi connectivity index (χ1v) is 4.88. The van der Waals surface area contributed by atoms with Crippen LogP contribution in [0.25, 0.3) is 0 Å². The molecular formula is C10H13NO3. The van der Waals surface area contributed by atoms with Crippen LogP contribution in [0.1, 0.15) is 26.2 Å². The van der Waals surface area contributed by atoms with E-state index in [4.69, 9.17) is 0 Å². The summed E-state index contributed by atoms with van der Waals surface area (Å²) >= 11 is 0. The van der Waals surface area contributed by atoms with Gasteiger partial charge in [-0.1, -0.05) is 19.1 Å². The zero-order valence-electron chi connectivity index (χ0n) is 8.06. The highest BCUT2D eigenvalue weighted by Crippen LogP contribution is 2.46. The predicted molar refractivity (Wildman–Crippen MR) is 48.2 cm³/mol. The van der Waals surface area contributed by atoms with Crippen LogP contribution in [0.2, 0.25) is 0 Å². The average molecular weight is 195 g/mol. The highest BCUT2D eigenvalue weighted by atomic mass is 16.5. The summed E-state index contributed by atoms with van der Waals surface area (Å²) in [5.41, 5.74) is -0.760. The van der Waals surface area contributed by atoms with Crippen LogP contribution in [-0.2, 0) is 9.59 Å². The van der Waals surface area contributed by atoms with Crippen LogP contribution in [-0.4, -0.2) is 22.1 Å². The summed E-state index contributed by atoms with van der Waals surface area (Å²) in [5.74, 6) is -1.26. The first kappa shape index (κ1) is 9.40. The molecule has 0 saturated carbocycles. The summed E-state index contributed by atoms with van der Waals surface area (Å²) in [6, 6.07) is 0. The molecule has 0 spiro atoms. The van der Waals surface area contributed by atoms with Crippen LogP contribution >= 0.6 is 0 Å². The van der Waals surface area contributed by atoms with E-state index in [0.29, 0.717) is 17.9 Å². The maximum Gasteiger partial charge on any atom is 0.264 e. The lowest BCUT2D eigenvalue weighted by Gasteiger charge is -2.29. The fraction of sp³-hybridized carbons (Fsp3) is 0.600. The second-order valence-electron chi connectivity index (χ2n) is 3.88. The number of allylic oxidation sites excluding steroid dienone is 1.